The van der Waals surface area contributed by atoms with Crippen LogP contribution in [0.15, 0.2) is 12.4 Å². The first kappa shape index (κ1) is 13.4. The Morgan fingerprint density at radius 3 is 2.75 bits per heavy atom. The van der Waals surface area contributed by atoms with Crippen molar-refractivity contribution in [3.05, 3.63) is 18.1 Å². The Bertz CT molecular complexity index is 304. The minimum Gasteiger partial charge on any atom is -0.360 e. The first-order valence-corrected chi connectivity index (χ1v) is 6.98. The topological polar surface area (TPSA) is 29.0 Å². The molecule has 0 radical (unpaired) electrons. The second-order valence-corrected chi connectivity index (χ2v) is 4.69. The minimum absolute atomic E-state index is 0.965. The fraction of sp³-hybridized carbons (Fsp3) is 0.667. The summed E-state index contributed by atoms with van der Waals surface area (Å²) in [5.74, 6) is 1.03. The highest BCUT2D eigenvalue weighted by atomic mass is 79.9. The lowest BCUT2D eigenvalue weighted by molar-refractivity contribution is 0.705. The van der Waals surface area contributed by atoms with Crippen LogP contribution in [0.2, 0.25) is 0 Å². The van der Waals surface area contributed by atoms with Gasteiger partial charge in [-0.25, -0.2) is 9.97 Å². The Kier molecular flexibility index (Phi) is 6.38. The summed E-state index contributed by atoms with van der Waals surface area (Å²) >= 11 is 3.45. The first-order chi connectivity index (χ1) is 7.77. The van der Waals surface area contributed by atoms with Crippen molar-refractivity contribution in [1.82, 2.24) is 9.97 Å². The number of nitrogens with zero attached hydrogens (tertiary/aromatic N) is 3. The molecular formula is C12H20BrN3. The molecule has 0 amide bonds. The summed E-state index contributed by atoms with van der Waals surface area (Å²) in [6.07, 6.45) is 6.35. The number of rotatable bonds is 7. The molecule has 0 aliphatic carbocycles. The van der Waals surface area contributed by atoms with E-state index < -0.39 is 0 Å². The molecule has 0 saturated heterocycles. The van der Waals surface area contributed by atoms with Crippen molar-refractivity contribution in [2.45, 2.75) is 32.6 Å². The number of aryl methyl sites for hydroxylation is 1. The molecule has 0 aliphatic rings. The smallest absolute Gasteiger partial charge is 0.131 e. The van der Waals surface area contributed by atoms with Crippen LogP contribution in [-0.4, -0.2) is 28.9 Å². The zero-order chi connectivity index (χ0) is 11.8. The molecule has 3 nitrogen and oxygen atoms in total. The highest BCUT2D eigenvalue weighted by Gasteiger charge is 2.03. The van der Waals surface area contributed by atoms with Crippen LogP contribution in [0.4, 0.5) is 5.82 Å². The van der Waals surface area contributed by atoms with Crippen molar-refractivity contribution < 1.29 is 0 Å². The molecular weight excluding hydrogens is 266 g/mol. The van der Waals surface area contributed by atoms with Crippen LogP contribution in [0.25, 0.3) is 0 Å². The summed E-state index contributed by atoms with van der Waals surface area (Å²) in [4.78, 5) is 10.7. The van der Waals surface area contributed by atoms with Gasteiger partial charge in [0.1, 0.15) is 12.1 Å². The molecule has 1 heterocycles. The molecule has 1 aromatic rings. The van der Waals surface area contributed by atoms with E-state index in [0.717, 1.165) is 29.8 Å². The number of anilines is 1. The summed E-state index contributed by atoms with van der Waals surface area (Å²) in [6, 6.07) is 2.07. The van der Waals surface area contributed by atoms with Gasteiger partial charge in [0, 0.05) is 30.7 Å². The summed E-state index contributed by atoms with van der Waals surface area (Å²) < 4.78 is 0. The van der Waals surface area contributed by atoms with Gasteiger partial charge in [0.2, 0.25) is 0 Å². The molecule has 0 aromatic carbocycles. The van der Waals surface area contributed by atoms with Crippen molar-refractivity contribution >= 4 is 21.7 Å². The lowest BCUT2D eigenvalue weighted by atomic mass is 10.2. The second-order valence-electron chi connectivity index (χ2n) is 3.89. The fourth-order valence-electron chi connectivity index (χ4n) is 1.52. The van der Waals surface area contributed by atoms with Crippen LogP contribution in [0.1, 0.15) is 31.9 Å². The zero-order valence-electron chi connectivity index (χ0n) is 10.1. The van der Waals surface area contributed by atoms with Crippen LogP contribution in [0, 0.1) is 0 Å². The van der Waals surface area contributed by atoms with E-state index in [-0.39, 0.29) is 0 Å². The van der Waals surface area contributed by atoms with E-state index in [2.05, 4.69) is 50.8 Å². The molecule has 90 valence electrons. The lowest BCUT2D eigenvalue weighted by Crippen LogP contribution is -2.20. The molecule has 0 spiro atoms. The zero-order valence-corrected chi connectivity index (χ0v) is 11.7. The number of aromatic nitrogens is 2. The van der Waals surface area contributed by atoms with E-state index in [4.69, 9.17) is 0 Å². The van der Waals surface area contributed by atoms with Crippen molar-refractivity contribution in [1.29, 1.82) is 0 Å². The van der Waals surface area contributed by atoms with Gasteiger partial charge >= 0.3 is 0 Å². The van der Waals surface area contributed by atoms with Crippen LogP contribution in [0.3, 0.4) is 0 Å². The monoisotopic (exact) mass is 285 g/mol. The highest BCUT2D eigenvalue weighted by Crippen LogP contribution is 2.10. The number of alkyl halides is 1. The minimum atomic E-state index is 0.965. The van der Waals surface area contributed by atoms with Crippen LogP contribution < -0.4 is 4.90 Å². The molecule has 1 rings (SSSR count). The van der Waals surface area contributed by atoms with Gasteiger partial charge in [0.15, 0.2) is 0 Å². The van der Waals surface area contributed by atoms with E-state index in [1.165, 1.54) is 19.3 Å². The van der Waals surface area contributed by atoms with Gasteiger partial charge in [0.05, 0.1) is 0 Å². The second kappa shape index (κ2) is 7.60. The fourth-order valence-corrected chi connectivity index (χ4v) is 1.92. The number of halogens is 1. The predicted octanol–water partition coefficient (Wildman–Crippen LogP) is 3.04. The number of hydrogen-bond acceptors (Lipinski definition) is 3. The molecule has 0 aliphatic heterocycles. The standard InChI is InChI=1S/C12H20BrN3/c1-3-11-9-12(15-10-14-11)16(2)8-6-4-5-7-13/h9-10H,3-8H2,1-2H3. The maximum Gasteiger partial charge on any atom is 0.131 e. The Morgan fingerprint density at radius 1 is 1.25 bits per heavy atom. The maximum atomic E-state index is 4.29. The molecule has 0 N–H and O–H groups in total. The average Bonchev–Trinajstić information content (AvgIpc) is 2.34. The van der Waals surface area contributed by atoms with Crippen LogP contribution in [-0.2, 0) is 6.42 Å². The van der Waals surface area contributed by atoms with E-state index in [9.17, 15) is 0 Å². The van der Waals surface area contributed by atoms with Crippen molar-refractivity contribution in [2.75, 3.05) is 23.8 Å². The van der Waals surface area contributed by atoms with E-state index in [0.29, 0.717) is 0 Å². The highest BCUT2D eigenvalue weighted by molar-refractivity contribution is 9.09. The summed E-state index contributed by atoms with van der Waals surface area (Å²) in [5, 5.41) is 1.10. The van der Waals surface area contributed by atoms with Crippen LogP contribution in [0.5, 0.6) is 0 Å². The Balaban J connectivity index is 2.42. The van der Waals surface area contributed by atoms with Crippen LogP contribution >= 0.6 is 15.9 Å². The first-order valence-electron chi connectivity index (χ1n) is 5.86. The molecule has 0 unspecified atom stereocenters. The van der Waals surface area contributed by atoms with Crippen molar-refractivity contribution in [3.63, 3.8) is 0 Å². The lowest BCUT2D eigenvalue weighted by Gasteiger charge is -2.18. The third-order valence-electron chi connectivity index (χ3n) is 2.59. The predicted molar refractivity (Wildman–Crippen MR) is 72.3 cm³/mol. The van der Waals surface area contributed by atoms with Crippen molar-refractivity contribution in [2.24, 2.45) is 0 Å². The largest absolute Gasteiger partial charge is 0.360 e. The normalized spacial score (nSPS) is 10.4. The van der Waals surface area contributed by atoms with E-state index in [1.54, 1.807) is 6.33 Å². The van der Waals surface area contributed by atoms with Gasteiger partial charge in [-0.2, -0.15) is 0 Å². The molecule has 0 bridgehead atoms. The third-order valence-corrected chi connectivity index (χ3v) is 3.15. The van der Waals surface area contributed by atoms with Gasteiger partial charge in [0.25, 0.3) is 0 Å². The molecule has 16 heavy (non-hydrogen) atoms. The summed E-state index contributed by atoms with van der Waals surface area (Å²) in [5.41, 5.74) is 1.11. The van der Waals surface area contributed by atoms with Crippen molar-refractivity contribution in [3.8, 4) is 0 Å². The maximum absolute atomic E-state index is 4.29. The van der Waals surface area contributed by atoms with Gasteiger partial charge in [-0.3, -0.25) is 0 Å². The van der Waals surface area contributed by atoms with Gasteiger partial charge in [-0.15, -0.1) is 0 Å². The average molecular weight is 286 g/mol. The third kappa shape index (κ3) is 4.47. The van der Waals surface area contributed by atoms with Gasteiger partial charge in [-0.1, -0.05) is 29.3 Å². The SMILES string of the molecule is CCc1cc(N(C)CCCCCBr)ncn1. The summed E-state index contributed by atoms with van der Waals surface area (Å²) in [7, 11) is 2.09. The van der Waals surface area contributed by atoms with E-state index in [1.807, 2.05) is 0 Å². The number of hydrogen-bond donors (Lipinski definition) is 0. The molecule has 0 atom stereocenters. The Hall–Kier alpha value is -0.640. The Labute approximate surface area is 106 Å². The molecule has 1 aromatic heterocycles. The molecule has 4 heteroatoms. The quantitative estimate of drug-likeness (QED) is 0.570. The number of unbranched alkanes of at least 4 members (excludes halogenated alkanes) is 2. The summed E-state index contributed by atoms with van der Waals surface area (Å²) in [6.45, 7) is 3.18. The molecule has 0 saturated carbocycles. The van der Waals surface area contributed by atoms with Gasteiger partial charge in [-0.05, 0) is 19.3 Å². The van der Waals surface area contributed by atoms with Gasteiger partial charge < -0.3 is 4.90 Å². The molecule has 0 fully saturated rings. The van der Waals surface area contributed by atoms with E-state index >= 15 is 0 Å². The Morgan fingerprint density at radius 2 is 2.06 bits per heavy atom.